The number of nitrogens with zero attached hydrogens (tertiary/aromatic N) is 5. The van der Waals surface area contributed by atoms with E-state index >= 15 is 0 Å². The summed E-state index contributed by atoms with van der Waals surface area (Å²) in [6.45, 7) is 4.93. The van der Waals surface area contributed by atoms with E-state index in [0.29, 0.717) is 18.8 Å². The molecular weight excluding hydrogens is 330 g/mol. The van der Waals surface area contributed by atoms with Crippen LogP contribution in [-0.2, 0) is 6.54 Å². The first kappa shape index (κ1) is 16.5. The molecule has 1 aliphatic rings. The summed E-state index contributed by atoms with van der Waals surface area (Å²) < 4.78 is 7.14. The van der Waals surface area contributed by atoms with Gasteiger partial charge in [-0.3, -0.25) is 9.69 Å². The third-order valence-corrected chi connectivity index (χ3v) is 4.71. The van der Waals surface area contributed by atoms with Gasteiger partial charge in [-0.25, -0.2) is 4.98 Å². The molecule has 0 spiro atoms. The SMILES string of the molecule is O=C(c1ccno1)N1CCN(CCn2ccnc2-c2ccccc2)CC1. The van der Waals surface area contributed by atoms with E-state index < -0.39 is 0 Å². The number of rotatable bonds is 5. The number of hydrogen-bond acceptors (Lipinski definition) is 5. The van der Waals surface area contributed by atoms with E-state index in [1.807, 2.05) is 35.5 Å². The summed E-state index contributed by atoms with van der Waals surface area (Å²) in [5, 5.41) is 3.60. The van der Waals surface area contributed by atoms with Crippen molar-refractivity contribution in [2.45, 2.75) is 6.54 Å². The van der Waals surface area contributed by atoms with Gasteiger partial charge < -0.3 is 14.0 Å². The Labute approximate surface area is 151 Å². The fourth-order valence-electron chi connectivity index (χ4n) is 3.24. The summed E-state index contributed by atoms with van der Waals surface area (Å²) in [4.78, 5) is 21.0. The molecule has 134 valence electrons. The van der Waals surface area contributed by atoms with Crippen molar-refractivity contribution >= 4 is 5.91 Å². The summed E-state index contributed by atoms with van der Waals surface area (Å²) >= 11 is 0. The molecule has 1 saturated heterocycles. The van der Waals surface area contributed by atoms with Gasteiger partial charge in [0, 0.05) is 63.3 Å². The standard InChI is InChI=1S/C19H21N5O2/c25-19(17-6-7-21-26-17)24-14-11-22(12-15-24)10-13-23-9-8-20-18(23)16-4-2-1-3-5-16/h1-9H,10-15H2. The number of piperazine rings is 1. The predicted octanol–water partition coefficient (Wildman–Crippen LogP) is 2.00. The number of aromatic nitrogens is 3. The van der Waals surface area contributed by atoms with Gasteiger partial charge in [0.25, 0.3) is 5.91 Å². The van der Waals surface area contributed by atoms with Gasteiger partial charge in [-0.05, 0) is 0 Å². The lowest BCUT2D eigenvalue weighted by molar-refractivity contribution is 0.0593. The van der Waals surface area contributed by atoms with Crippen LogP contribution in [0.1, 0.15) is 10.6 Å². The Balaban J connectivity index is 1.31. The summed E-state index contributed by atoms with van der Waals surface area (Å²) in [5.41, 5.74) is 1.12. The zero-order valence-corrected chi connectivity index (χ0v) is 14.5. The normalized spacial score (nSPS) is 15.3. The maximum Gasteiger partial charge on any atom is 0.292 e. The van der Waals surface area contributed by atoms with Crippen LogP contribution in [0.5, 0.6) is 0 Å². The number of carbonyl (C=O) groups excluding carboxylic acids is 1. The van der Waals surface area contributed by atoms with E-state index in [4.69, 9.17) is 4.52 Å². The fraction of sp³-hybridized carbons (Fsp3) is 0.316. The number of benzene rings is 1. The topological polar surface area (TPSA) is 67.4 Å². The van der Waals surface area contributed by atoms with Gasteiger partial charge in [-0.2, -0.15) is 0 Å². The molecule has 1 aromatic carbocycles. The lowest BCUT2D eigenvalue weighted by atomic mass is 10.2. The molecule has 0 N–H and O–H groups in total. The highest BCUT2D eigenvalue weighted by Gasteiger charge is 2.24. The molecule has 0 saturated carbocycles. The fourth-order valence-corrected chi connectivity index (χ4v) is 3.24. The molecule has 1 fully saturated rings. The van der Waals surface area contributed by atoms with E-state index in [1.54, 1.807) is 6.07 Å². The first-order valence-electron chi connectivity index (χ1n) is 8.80. The first-order chi connectivity index (χ1) is 12.8. The lowest BCUT2D eigenvalue weighted by Crippen LogP contribution is -2.49. The molecular formula is C19H21N5O2. The smallest absolute Gasteiger partial charge is 0.292 e. The summed E-state index contributed by atoms with van der Waals surface area (Å²) in [7, 11) is 0. The minimum absolute atomic E-state index is 0.0804. The summed E-state index contributed by atoms with van der Waals surface area (Å²) in [6, 6.07) is 11.8. The molecule has 0 bridgehead atoms. The average molecular weight is 351 g/mol. The maximum atomic E-state index is 12.3. The van der Waals surface area contributed by atoms with Crippen molar-refractivity contribution < 1.29 is 9.32 Å². The molecule has 2 aromatic heterocycles. The second kappa shape index (κ2) is 7.53. The second-order valence-electron chi connectivity index (χ2n) is 6.32. The van der Waals surface area contributed by atoms with Gasteiger partial charge in [0.2, 0.25) is 5.76 Å². The minimum atomic E-state index is -0.0804. The number of amides is 1. The van der Waals surface area contributed by atoms with Gasteiger partial charge in [0.15, 0.2) is 0 Å². The van der Waals surface area contributed by atoms with Gasteiger partial charge >= 0.3 is 0 Å². The third kappa shape index (κ3) is 3.52. The van der Waals surface area contributed by atoms with E-state index in [1.165, 1.54) is 6.20 Å². The van der Waals surface area contributed by atoms with Crippen molar-refractivity contribution in [1.82, 2.24) is 24.5 Å². The molecule has 0 unspecified atom stereocenters. The van der Waals surface area contributed by atoms with Crippen molar-refractivity contribution in [3.8, 4) is 11.4 Å². The number of hydrogen-bond donors (Lipinski definition) is 0. The average Bonchev–Trinajstić information content (AvgIpc) is 3.39. The molecule has 0 atom stereocenters. The van der Waals surface area contributed by atoms with Crippen LogP contribution >= 0.6 is 0 Å². The Morgan fingerprint density at radius 2 is 1.81 bits per heavy atom. The molecule has 3 aromatic rings. The van der Waals surface area contributed by atoms with Crippen molar-refractivity contribution in [1.29, 1.82) is 0 Å². The number of imidazole rings is 1. The first-order valence-corrected chi connectivity index (χ1v) is 8.80. The Morgan fingerprint density at radius 3 is 2.54 bits per heavy atom. The maximum absolute atomic E-state index is 12.3. The molecule has 4 rings (SSSR count). The van der Waals surface area contributed by atoms with Crippen LogP contribution in [0.15, 0.2) is 59.5 Å². The highest BCUT2D eigenvalue weighted by molar-refractivity contribution is 5.91. The van der Waals surface area contributed by atoms with Gasteiger partial charge in [-0.1, -0.05) is 35.5 Å². The second-order valence-corrected chi connectivity index (χ2v) is 6.32. The lowest BCUT2D eigenvalue weighted by Gasteiger charge is -2.34. The van der Waals surface area contributed by atoms with E-state index in [9.17, 15) is 4.79 Å². The quantitative estimate of drug-likeness (QED) is 0.703. The van der Waals surface area contributed by atoms with Crippen LogP contribution < -0.4 is 0 Å². The molecule has 0 aliphatic carbocycles. The van der Waals surface area contributed by atoms with Crippen LogP contribution in [0, 0.1) is 0 Å². The van der Waals surface area contributed by atoms with Crippen LogP contribution in [-0.4, -0.2) is 63.1 Å². The zero-order valence-electron chi connectivity index (χ0n) is 14.5. The molecule has 1 aliphatic heterocycles. The monoisotopic (exact) mass is 351 g/mol. The highest BCUT2D eigenvalue weighted by Crippen LogP contribution is 2.17. The zero-order chi connectivity index (χ0) is 17.8. The van der Waals surface area contributed by atoms with Gasteiger partial charge in [0.1, 0.15) is 5.82 Å². The van der Waals surface area contributed by atoms with Gasteiger partial charge in [0.05, 0.1) is 6.20 Å². The Kier molecular flexibility index (Phi) is 4.79. The largest absolute Gasteiger partial charge is 0.351 e. The number of carbonyl (C=O) groups is 1. The van der Waals surface area contributed by atoms with Crippen LogP contribution in [0.2, 0.25) is 0 Å². The Morgan fingerprint density at radius 1 is 1.00 bits per heavy atom. The van der Waals surface area contributed by atoms with Crippen molar-refractivity contribution in [3.05, 3.63) is 60.7 Å². The molecule has 7 heteroatoms. The van der Waals surface area contributed by atoms with E-state index in [0.717, 1.165) is 37.6 Å². The van der Waals surface area contributed by atoms with Crippen molar-refractivity contribution in [2.75, 3.05) is 32.7 Å². The molecule has 0 radical (unpaired) electrons. The molecule has 3 heterocycles. The highest BCUT2D eigenvalue weighted by atomic mass is 16.5. The Hall–Kier alpha value is -2.93. The minimum Gasteiger partial charge on any atom is -0.351 e. The van der Waals surface area contributed by atoms with Crippen molar-refractivity contribution in [3.63, 3.8) is 0 Å². The third-order valence-electron chi connectivity index (χ3n) is 4.71. The van der Waals surface area contributed by atoms with E-state index in [-0.39, 0.29) is 5.91 Å². The summed E-state index contributed by atoms with van der Waals surface area (Å²) in [5.74, 6) is 1.22. The van der Waals surface area contributed by atoms with Crippen molar-refractivity contribution in [2.24, 2.45) is 0 Å². The molecule has 26 heavy (non-hydrogen) atoms. The van der Waals surface area contributed by atoms with E-state index in [2.05, 4.69) is 31.7 Å². The van der Waals surface area contributed by atoms with Crippen LogP contribution in [0.4, 0.5) is 0 Å². The molecule has 7 nitrogen and oxygen atoms in total. The predicted molar refractivity (Wildman–Crippen MR) is 96.5 cm³/mol. The van der Waals surface area contributed by atoms with Crippen LogP contribution in [0.3, 0.4) is 0 Å². The Bertz CT molecular complexity index is 836. The van der Waals surface area contributed by atoms with Crippen LogP contribution in [0.25, 0.3) is 11.4 Å². The summed E-state index contributed by atoms with van der Waals surface area (Å²) in [6.07, 6.45) is 5.36. The molecule has 1 amide bonds. The van der Waals surface area contributed by atoms with Gasteiger partial charge in [-0.15, -0.1) is 0 Å².